The van der Waals surface area contributed by atoms with Gasteiger partial charge in [0.05, 0.1) is 11.0 Å². The third kappa shape index (κ3) is 4.38. The fourth-order valence-corrected chi connectivity index (χ4v) is 4.08. The Morgan fingerprint density at radius 2 is 1.82 bits per heavy atom. The molecule has 5 heteroatoms. The molecule has 4 rings (SSSR count). The molecule has 1 saturated heterocycles. The van der Waals surface area contributed by atoms with Crippen LogP contribution in [0, 0.1) is 6.92 Å². The summed E-state index contributed by atoms with van der Waals surface area (Å²) in [4.78, 5) is 14.0. The van der Waals surface area contributed by atoms with E-state index in [0.717, 1.165) is 50.2 Å². The maximum Gasteiger partial charge on any atom is 0.0931 e. The Morgan fingerprint density at radius 3 is 2.64 bits per heavy atom. The van der Waals surface area contributed by atoms with Gasteiger partial charge in [-0.15, -0.1) is 0 Å². The van der Waals surface area contributed by atoms with Crippen LogP contribution in [0.15, 0.2) is 54.9 Å². The minimum absolute atomic E-state index is 0.225. The number of hydrogen-bond acceptors (Lipinski definition) is 5. The van der Waals surface area contributed by atoms with Crippen molar-refractivity contribution in [3.05, 3.63) is 71.5 Å². The van der Waals surface area contributed by atoms with Crippen molar-refractivity contribution in [3.8, 4) is 0 Å². The number of aliphatic hydroxyl groups excluding tert-OH is 1. The van der Waals surface area contributed by atoms with Crippen LogP contribution in [-0.2, 0) is 13.1 Å². The number of hydrogen-bond donors (Lipinski definition) is 1. The lowest BCUT2D eigenvalue weighted by atomic mass is 10.0. The van der Waals surface area contributed by atoms with E-state index in [1.54, 1.807) is 12.4 Å². The number of rotatable bonds is 6. The zero-order valence-electron chi connectivity index (χ0n) is 16.5. The molecule has 1 aliphatic heterocycles. The zero-order chi connectivity index (χ0) is 19.3. The second kappa shape index (κ2) is 8.78. The molecule has 146 valence electrons. The molecule has 3 aromatic rings. The minimum Gasteiger partial charge on any atom is -0.396 e. The molecule has 1 aliphatic rings. The summed E-state index contributed by atoms with van der Waals surface area (Å²) in [6.07, 6.45) is 4.31. The van der Waals surface area contributed by atoms with Crippen LogP contribution in [-0.4, -0.2) is 57.2 Å². The van der Waals surface area contributed by atoms with Crippen LogP contribution in [0.4, 0.5) is 0 Å². The van der Waals surface area contributed by atoms with Gasteiger partial charge in [0, 0.05) is 57.8 Å². The molecule has 0 spiro atoms. The monoisotopic (exact) mass is 376 g/mol. The van der Waals surface area contributed by atoms with Gasteiger partial charge in [-0.05, 0) is 30.5 Å². The number of benzene rings is 2. The first-order valence-corrected chi connectivity index (χ1v) is 10.0. The van der Waals surface area contributed by atoms with E-state index >= 15 is 0 Å². The van der Waals surface area contributed by atoms with Crippen LogP contribution in [0.2, 0.25) is 0 Å². The van der Waals surface area contributed by atoms with Crippen LogP contribution >= 0.6 is 0 Å². The van der Waals surface area contributed by atoms with Gasteiger partial charge in [-0.3, -0.25) is 19.8 Å². The van der Waals surface area contributed by atoms with Crippen molar-refractivity contribution in [3.63, 3.8) is 0 Å². The van der Waals surface area contributed by atoms with Gasteiger partial charge >= 0.3 is 0 Å². The Labute approximate surface area is 166 Å². The number of fused-ring (bicyclic) bond motifs is 1. The molecule has 5 nitrogen and oxygen atoms in total. The quantitative estimate of drug-likeness (QED) is 0.717. The van der Waals surface area contributed by atoms with Crippen molar-refractivity contribution < 1.29 is 5.11 Å². The molecule has 0 aliphatic carbocycles. The van der Waals surface area contributed by atoms with Gasteiger partial charge in [0.25, 0.3) is 0 Å². The average Bonchev–Trinajstić information content (AvgIpc) is 2.72. The van der Waals surface area contributed by atoms with Gasteiger partial charge in [0.1, 0.15) is 0 Å². The Kier molecular flexibility index (Phi) is 5.95. The fraction of sp³-hybridized carbons (Fsp3) is 0.391. The highest BCUT2D eigenvalue weighted by molar-refractivity contribution is 5.77. The number of aliphatic hydroxyl groups is 1. The van der Waals surface area contributed by atoms with E-state index in [4.69, 9.17) is 0 Å². The van der Waals surface area contributed by atoms with Crippen LogP contribution < -0.4 is 0 Å². The summed E-state index contributed by atoms with van der Waals surface area (Å²) in [7, 11) is 0. The number of piperazine rings is 1. The van der Waals surface area contributed by atoms with E-state index in [9.17, 15) is 5.11 Å². The predicted molar refractivity (Wildman–Crippen MR) is 112 cm³/mol. The highest BCUT2D eigenvalue weighted by atomic mass is 16.3. The Hall–Kier alpha value is -2.34. The van der Waals surface area contributed by atoms with Crippen molar-refractivity contribution in [2.75, 3.05) is 26.2 Å². The first kappa shape index (κ1) is 19.0. The molecule has 1 fully saturated rings. The van der Waals surface area contributed by atoms with Crippen molar-refractivity contribution in [1.29, 1.82) is 0 Å². The molecule has 0 saturated carbocycles. The molecule has 2 heterocycles. The highest BCUT2D eigenvalue weighted by Crippen LogP contribution is 2.21. The molecular formula is C23H28N4O. The smallest absolute Gasteiger partial charge is 0.0931 e. The van der Waals surface area contributed by atoms with E-state index in [1.165, 1.54) is 16.7 Å². The topological polar surface area (TPSA) is 52.5 Å². The first-order chi connectivity index (χ1) is 13.7. The van der Waals surface area contributed by atoms with Crippen LogP contribution in [0.5, 0.6) is 0 Å². The predicted octanol–water partition coefficient (Wildman–Crippen LogP) is 3.01. The number of para-hydroxylation sites is 1. The van der Waals surface area contributed by atoms with Crippen molar-refractivity contribution >= 4 is 11.0 Å². The number of aryl methyl sites for hydroxylation is 1. The van der Waals surface area contributed by atoms with Crippen LogP contribution in [0.25, 0.3) is 11.0 Å². The summed E-state index contributed by atoms with van der Waals surface area (Å²) >= 11 is 0. The lowest BCUT2D eigenvalue weighted by molar-refractivity contribution is 0.0501. The van der Waals surface area contributed by atoms with Crippen molar-refractivity contribution in [2.45, 2.75) is 32.5 Å². The first-order valence-electron chi connectivity index (χ1n) is 10.0. The molecule has 0 bridgehead atoms. The SMILES string of the molecule is Cc1ccc(CN2CCN(Cc3cccc4nccnc34)C[C@@H]2CCO)cc1. The minimum atomic E-state index is 0.225. The summed E-state index contributed by atoms with van der Waals surface area (Å²) in [5.41, 5.74) is 5.79. The van der Waals surface area contributed by atoms with Gasteiger partial charge in [-0.1, -0.05) is 42.0 Å². The molecular weight excluding hydrogens is 348 g/mol. The second-order valence-corrected chi connectivity index (χ2v) is 7.70. The lowest BCUT2D eigenvalue weighted by Gasteiger charge is -2.41. The number of aromatic nitrogens is 2. The maximum absolute atomic E-state index is 9.59. The molecule has 0 unspecified atom stereocenters. The Morgan fingerprint density at radius 1 is 1.00 bits per heavy atom. The zero-order valence-corrected chi connectivity index (χ0v) is 16.5. The standard InChI is InChI=1S/C23H28N4O/c1-18-5-7-19(8-6-18)15-27-13-12-26(17-21(27)9-14-28)16-20-3-2-4-22-23(20)25-11-10-24-22/h2-8,10-11,21,28H,9,12-17H2,1H3/t21-/m0/s1. The summed E-state index contributed by atoms with van der Waals surface area (Å²) in [6, 6.07) is 15.4. The van der Waals surface area contributed by atoms with E-state index in [0.29, 0.717) is 6.04 Å². The average molecular weight is 377 g/mol. The molecule has 1 aromatic heterocycles. The summed E-state index contributed by atoms with van der Waals surface area (Å²) in [5.74, 6) is 0. The summed E-state index contributed by atoms with van der Waals surface area (Å²) in [6.45, 7) is 7.15. The van der Waals surface area contributed by atoms with E-state index in [1.807, 2.05) is 6.07 Å². The third-order valence-electron chi connectivity index (χ3n) is 5.63. The van der Waals surface area contributed by atoms with Crippen LogP contribution in [0.1, 0.15) is 23.1 Å². The maximum atomic E-state index is 9.59. The molecule has 0 radical (unpaired) electrons. The largest absolute Gasteiger partial charge is 0.396 e. The lowest BCUT2D eigenvalue weighted by Crippen LogP contribution is -2.52. The third-order valence-corrected chi connectivity index (χ3v) is 5.63. The highest BCUT2D eigenvalue weighted by Gasteiger charge is 2.27. The molecule has 2 aromatic carbocycles. The second-order valence-electron chi connectivity index (χ2n) is 7.70. The fourth-order valence-electron chi connectivity index (χ4n) is 4.08. The van der Waals surface area contributed by atoms with Gasteiger partial charge in [-0.2, -0.15) is 0 Å². The number of nitrogens with zero attached hydrogens (tertiary/aromatic N) is 4. The Balaban J connectivity index is 1.45. The van der Waals surface area contributed by atoms with Crippen molar-refractivity contribution in [2.24, 2.45) is 0 Å². The van der Waals surface area contributed by atoms with Gasteiger partial charge in [-0.25, -0.2) is 0 Å². The van der Waals surface area contributed by atoms with Crippen molar-refractivity contribution in [1.82, 2.24) is 19.8 Å². The Bertz CT molecular complexity index is 907. The molecule has 28 heavy (non-hydrogen) atoms. The molecule has 1 N–H and O–H groups in total. The van der Waals surface area contributed by atoms with Gasteiger partial charge < -0.3 is 5.11 Å². The van der Waals surface area contributed by atoms with Crippen LogP contribution in [0.3, 0.4) is 0 Å². The summed E-state index contributed by atoms with van der Waals surface area (Å²) < 4.78 is 0. The van der Waals surface area contributed by atoms with E-state index in [2.05, 4.69) is 63.1 Å². The van der Waals surface area contributed by atoms with Gasteiger partial charge in [0.2, 0.25) is 0 Å². The normalized spacial score (nSPS) is 18.6. The van der Waals surface area contributed by atoms with Gasteiger partial charge in [0.15, 0.2) is 0 Å². The van der Waals surface area contributed by atoms with E-state index < -0.39 is 0 Å². The summed E-state index contributed by atoms with van der Waals surface area (Å²) in [5, 5.41) is 9.59. The van der Waals surface area contributed by atoms with E-state index in [-0.39, 0.29) is 6.61 Å². The molecule has 1 atom stereocenters. The molecule has 0 amide bonds.